The molecule has 0 radical (unpaired) electrons. The van der Waals surface area contributed by atoms with Crippen molar-refractivity contribution in [3.63, 3.8) is 0 Å². The fourth-order valence-corrected chi connectivity index (χ4v) is 3.68. The topological polar surface area (TPSA) is 63.2 Å². The van der Waals surface area contributed by atoms with E-state index in [-0.39, 0.29) is 11.9 Å². The minimum Gasteiger partial charge on any atom is -0.491 e. The highest BCUT2D eigenvalue weighted by Gasteiger charge is 2.26. The third-order valence-corrected chi connectivity index (χ3v) is 5.25. The normalized spacial score (nSPS) is 15.0. The molecule has 0 saturated carbocycles. The zero-order chi connectivity index (χ0) is 21.2. The highest BCUT2D eigenvalue weighted by atomic mass is 16.5. The van der Waals surface area contributed by atoms with Crippen LogP contribution in [0, 0.1) is 5.92 Å². The van der Waals surface area contributed by atoms with Gasteiger partial charge in [-0.3, -0.25) is 4.79 Å². The second kappa shape index (κ2) is 11.2. The minimum atomic E-state index is -0.109. The number of benzene rings is 2. The first kappa shape index (κ1) is 21.7. The van der Waals surface area contributed by atoms with Crippen LogP contribution in [0.3, 0.4) is 0 Å². The molecule has 2 aromatic rings. The summed E-state index contributed by atoms with van der Waals surface area (Å²) in [7, 11) is 1.45. The Kier molecular flexibility index (Phi) is 8.12. The van der Waals surface area contributed by atoms with E-state index in [0.717, 1.165) is 55.3 Å². The van der Waals surface area contributed by atoms with Crippen LogP contribution in [0.5, 0.6) is 5.75 Å². The predicted molar refractivity (Wildman–Crippen MR) is 120 cm³/mol. The van der Waals surface area contributed by atoms with Crippen LogP contribution in [0.2, 0.25) is 0 Å². The van der Waals surface area contributed by atoms with E-state index in [0.29, 0.717) is 13.2 Å². The van der Waals surface area contributed by atoms with Crippen LogP contribution < -0.4 is 10.1 Å². The number of piperidine rings is 1. The molecule has 1 heterocycles. The van der Waals surface area contributed by atoms with Crippen LogP contribution in [-0.4, -0.2) is 56.7 Å². The molecule has 1 fully saturated rings. The number of aliphatic imine (C=N–C) groups is 1. The summed E-state index contributed by atoms with van der Waals surface area (Å²) < 4.78 is 10.9. The van der Waals surface area contributed by atoms with Crippen molar-refractivity contribution in [3.8, 4) is 16.9 Å². The van der Waals surface area contributed by atoms with Gasteiger partial charge in [0.25, 0.3) is 0 Å². The van der Waals surface area contributed by atoms with Crippen molar-refractivity contribution in [1.82, 2.24) is 10.2 Å². The number of ether oxygens (including phenoxy) is 2. The number of hydrogen-bond acceptors (Lipinski definition) is 4. The first-order valence-electron chi connectivity index (χ1n) is 10.6. The number of carbonyl (C=O) groups excluding carboxylic acids is 1. The lowest BCUT2D eigenvalue weighted by molar-refractivity contribution is -0.146. The number of carbonyl (C=O) groups is 1. The summed E-state index contributed by atoms with van der Waals surface area (Å²) in [5.41, 5.74) is 2.22. The van der Waals surface area contributed by atoms with Crippen molar-refractivity contribution in [1.29, 1.82) is 0 Å². The molecular formula is C24H31N3O3. The van der Waals surface area contributed by atoms with Gasteiger partial charge in [-0.2, -0.15) is 0 Å². The van der Waals surface area contributed by atoms with E-state index >= 15 is 0 Å². The number of likely N-dealkylation sites (tertiary alicyclic amines) is 1. The van der Waals surface area contributed by atoms with E-state index in [4.69, 9.17) is 14.5 Å². The number of hydrogen-bond donors (Lipinski definition) is 1. The molecule has 1 N–H and O–H groups in total. The molecule has 3 rings (SSSR count). The quantitative estimate of drug-likeness (QED) is 0.328. The summed E-state index contributed by atoms with van der Waals surface area (Å²) in [4.78, 5) is 18.7. The van der Waals surface area contributed by atoms with Crippen LogP contribution in [0.15, 0.2) is 59.6 Å². The molecule has 0 bridgehead atoms. The van der Waals surface area contributed by atoms with Gasteiger partial charge in [-0.05, 0) is 31.4 Å². The zero-order valence-corrected chi connectivity index (χ0v) is 17.8. The largest absolute Gasteiger partial charge is 0.491 e. The van der Waals surface area contributed by atoms with Crippen molar-refractivity contribution >= 4 is 11.9 Å². The van der Waals surface area contributed by atoms with Gasteiger partial charge in [0.2, 0.25) is 0 Å². The maximum atomic E-state index is 11.7. The van der Waals surface area contributed by atoms with Gasteiger partial charge in [-0.1, -0.05) is 48.5 Å². The summed E-state index contributed by atoms with van der Waals surface area (Å²) in [5.74, 6) is 1.62. The van der Waals surface area contributed by atoms with Crippen LogP contribution >= 0.6 is 0 Å². The maximum Gasteiger partial charge on any atom is 0.308 e. The summed E-state index contributed by atoms with van der Waals surface area (Å²) >= 11 is 0. The van der Waals surface area contributed by atoms with E-state index < -0.39 is 0 Å². The first-order valence-corrected chi connectivity index (χ1v) is 10.6. The SMILES string of the molecule is CCNC(=NCCOc1ccccc1-c1ccccc1)N1CCC(C(=O)OC)CC1. The molecule has 0 aromatic heterocycles. The number of methoxy groups -OCH3 is 1. The monoisotopic (exact) mass is 409 g/mol. The zero-order valence-electron chi connectivity index (χ0n) is 17.8. The van der Waals surface area contributed by atoms with Gasteiger partial charge < -0.3 is 19.7 Å². The van der Waals surface area contributed by atoms with Gasteiger partial charge in [0.05, 0.1) is 19.6 Å². The summed E-state index contributed by atoms with van der Waals surface area (Å²) in [6, 6.07) is 18.3. The standard InChI is InChI=1S/C24H31N3O3/c1-3-25-24(27-16-13-20(14-17-27)23(28)29-2)26-15-18-30-22-12-8-7-11-21(22)19-9-5-4-6-10-19/h4-12,20H,3,13-18H2,1-2H3,(H,25,26). The smallest absolute Gasteiger partial charge is 0.308 e. The van der Waals surface area contributed by atoms with E-state index in [9.17, 15) is 4.79 Å². The molecule has 1 saturated heterocycles. The Bertz CT molecular complexity index is 831. The molecule has 0 unspecified atom stereocenters. The number of rotatable bonds is 7. The Morgan fingerprint density at radius 1 is 1.10 bits per heavy atom. The summed E-state index contributed by atoms with van der Waals surface area (Å²) in [5, 5.41) is 3.35. The van der Waals surface area contributed by atoms with E-state index in [2.05, 4.69) is 35.3 Å². The Labute approximate surface area is 178 Å². The Morgan fingerprint density at radius 2 is 1.80 bits per heavy atom. The molecule has 0 aliphatic carbocycles. The molecule has 1 aliphatic heterocycles. The maximum absolute atomic E-state index is 11.7. The molecule has 6 nitrogen and oxygen atoms in total. The highest BCUT2D eigenvalue weighted by Crippen LogP contribution is 2.29. The van der Waals surface area contributed by atoms with Crippen LogP contribution in [0.4, 0.5) is 0 Å². The van der Waals surface area contributed by atoms with Gasteiger partial charge in [0.15, 0.2) is 5.96 Å². The third kappa shape index (κ3) is 5.75. The molecule has 160 valence electrons. The summed E-state index contributed by atoms with van der Waals surface area (Å²) in [6.45, 7) is 5.50. The lowest BCUT2D eigenvalue weighted by Gasteiger charge is -2.33. The fraction of sp³-hybridized carbons (Fsp3) is 0.417. The van der Waals surface area contributed by atoms with Crippen molar-refractivity contribution in [2.75, 3.05) is 39.9 Å². The van der Waals surface area contributed by atoms with Gasteiger partial charge in [-0.25, -0.2) is 4.99 Å². The molecule has 0 atom stereocenters. The Morgan fingerprint density at radius 3 is 2.50 bits per heavy atom. The molecular weight excluding hydrogens is 378 g/mol. The van der Waals surface area contributed by atoms with E-state index in [1.165, 1.54) is 7.11 Å². The van der Waals surface area contributed by atoms with Crippen LogP contribution in [-0.2, 0) is 9.53 Å². The molecule has 0 amide bonds. The lowest BCUT2D eigenvalue weighted by atomic mass is 9.97. The van der Waals surface area contributed by atoms with Crippen molar-refractivity contribution in [2.45, 2.75) is 19.8 Å². The van der Waals surface area contributed by atoms with E-state index in [1.807, 2.05) is 36.4 Å². The van der Waals surface area contributed by atoms with Crippen LogP contribution in [0.25, 0.3) is 11.1 Å². The number of nitrogens with one attached hydrogen (secondary N) is 1. The fourth-order valence-electron chi connectivity index (χ4n) is 3.68. The Balaban J connectivity index is 1.57. The number of esters is 1. The molecule has 2 aromatic carbocycles. The average Bonchev–Trinajstić information content (AvgIpc) is 2.81. The predicted octanol–water partition coefficient (Wildman–Crippen LogP) is 3.58. The number of nitrogens with zero attached hydrogens (tertiary/aromatic N) is 2. The Hall–Kier alpha value is -3.02. The molecule has 30 heavy (non-hydrogen) atoms. The average molecular weight is 410 g/mol. The van der Waals surface area contributed by atoms with Gasteiger partial charge >= 0.3 is 5.97 Å². The van der Waals surface area contributed by atoms with Gasteiger partial charge in [0.1, 0.15) is 12.4 Å². The van der Waals surface area contributed by atoms with Crippen molar-refractivity contribution < 1.29 is 14.3 Å². The molecule has 0 spiro atoms. The second-order valence-electron chi connectivity index (χ2n) is 7.23. The minimum absolute atomic E-state index is 0.00746. The van der Waals surface area contributed by atoms with Crippen LogP contribution in [0.1, 0.15) is 19.8 Å². The number of guanidine groups is 1. The first-order chi connectivity index (χ1) is 14.7. The number of para-hydroxylation sites is 1. The molecule has 6 heteroatoms. The third-order valence-electron chi connectivity index (χ3n) is 5.25. The summed E-state index contributed by atoms with van der Waals surface area (Å²) in [6.07, 6.45) is 1.58. The molecule has 1 aliphatic rings. The second-order valence-corrected chi connectivity index (χ2v) is 7.23. The van der Waals surface area contributed by atoms with Crippen molar-refractivity contribution in [3.05, 3.63) is 54.6 Å². The highest BCUT2D eigenvalue weighted by molar-refractivity contribution is 5.80. The van der Waals surface area contributed by atoms with E-state index in [1.54, 1.807) is 0 Å². The van der Waals surface area contributed by atoms with Gasteiger partial charge in [-0.15, -0.1) is 0 Å². The van der Waals surface area contributed by atoms with Gasteiger partial charge in [0, 0.05) is 25.2 Å². The lowest BCUT2D eigenvalue weighted by Crippen LogP contribution is -2.46. The van der Waals surface area contributed by atoms with Crippen molar-refractivity contribution in [2.24, 2.45) is 10.9 Å².